The Bertz CT molecular complexity index is 666. The van der Waals surface area contributed by atoms with E-state index >= 15 is 0 Å². The molecule has 1 aromatic carbocycles. The SMILES string of the molecule is CC(=O)N(C1CCCCCC1)C1CC(=O)N(c2ccc(I)cc2)C1=O. The molecule has 2 aliphatic rings. The van der Waals surface area contributed by atoms with Gasteiger partial charge in [-0.1, -0.05) is 25.7 Å². The summed E-state index contributed by atoms with van der Waals surface area (Å²) in [6, 6.07) is 6.72. The second-order valence-electron chi connectivity index (χ2n) is 6.84. The van der Waals surface area contributed by atoms with Gasteiger partial charge in [0.05, 0.1) is 12.1 Å². The van der Waals surface area contributed by atoms with E-state index in [2.05, 4.69) is 22.6 Å². The molecule has 1 aromatic rings. The summed E-state index contributed by atoms with van der Waals surface area (Å²) in [7, 11) is 0. The molecule has 25 heavy (non-hydrogen) atoms. The Morgan fingerprint density at radius 3 is 2.24 bits per heavy atom. The fraction of sp³-hybridized carbons (Fsp3) is 0.526. The fourth-order valence-electron chi connectivity index (χ4n) is 3.96. The number of halogens is 1. The van der Waals surface area contributed by atoms with Gasteiger partial charge in [0, 0.05) is 16.5 Å². The van der Waals surface area contributed by atoms with Crippen LogP contribution in [-0.4, -0.2) is 34.7 Å². The number of amides is 3. The molecule has 3 rings (SSSR count). The molecule has 1 saturated carbocycles. The van der Waals surface area contributed by atoms with Crippen molar-refractivity contribution in [3.8, 4) is 0 Å². The van der Waals surface area contributed by atoms with E-state index < -0.39 is 6.04 Å². The normalized spacial score (nSPS) is 22.2. The number of hydrogen-bond donors (Lipinski definition) is 0. The summed E-state index contributed by atoms with van der Waals surface area (Å²) in [4.78, 5) is 40.8. The lowest BCUT2D eigenvalue weighted by Gasteiger charge is -2.34. The van der Waals surface area contributed by atoms with Crippen LogP contribution < -0.4 is 4.90 Å². The van der Waals surface area contributed by atoms with Crippen molar-refractivity contribution < 1.29 is 14.4 Å². The molecule has 6 heteroatoms. The predicted molar refractivity (Wildman–Crippen MR) is 104 cm³/mol. The minimum absolute atomic E-state index is 0.0680. The van der Waals surface area contributed by atoms with Crippen molar-refractivity contribution in [3.63, 3.8) is 0 Å². The lowest BCUT2D eigenvalue weighted by molar-refractivity contribution is -0.139. The number of carbonyl (C=O) groups is 3. The topological polar surface area (TPSA) is 57.7 Å². The Morgan fingerprint density at radius 2 is 1.68 bits per heavy atom. The maximum atomic E-state index is 13.0. The standard InChI is InChI=1S/C19H23IN2O3/c1-13(23)21(15-6-4-2-3-5-7-15)17-12-18(24)22(19(17)25)16-10-8-14(20)9-11-16/h8-11,15,17H,2-7,12H2,1H3. The molecular formula is C19H23IN2O3. The van der Waals surface area contributed by atoms with Crippen LogP contribution in [0, 0.1) is 3.57 Å². The van der Waals surface area contributed by atoms with Crippen LogP contribution in [0.2, 0.25) is 0 Å². The molecule has 1 aliphatic heterocycles. The molecule has 2 fully saturated rings. The van der Waals surface area contributed by atoms with E-state index in [4.69, 9.17) is 0 Å². The second-order valence-corrected chi connectivity index (χ2v) is 8.08. The van der Waals surface area contributed by atoms with Crippen molar-refractivity contribution in [2.45, 2.75) is 64.0 Å². The molecule has 1 heterocycles. The van der Waals surface area contributed by atoms with Gasteiger partial charge < -0.3 is 4.90 Å². The lowest BCUT2D eigenvalue weighted by Crippen LogP contribution is -2.49. The van der Waals surface area contributed by atoms with Gasteiger partial charge in [0.25, 0.3) is 5.91 Å². The van der Waals surface area contributed by atoms with Gasteiger partial charge in [0.1, 0.15) is 6.04 Å². The average molecular weight is 454 g/mol. The van der Waals surface area contributed by atoms with Crippen molar-refractivity contribution in [2.75, 3.05) is 4.90 Å². The van der Waals surface area contributed by atoms with Crippen LogP contribution in [-0.2, 0) is 14.4 Å². The van der Waals surface area contributed by atoms with E-state index in [0.29, 0.717) is 5.69 Å². The molecule has 1 unspecified atom stereocenters. The monoisotopic (exact) mass is 454 g/mol. The lowest BCUT2D eigenvalue weighted by atomic mass is 10.0. The summed E-state index contributed by atoms with van der Waals surface area (Å²) >= 11 is 2.19. The summed E-state index contributed by atoms with van der Waals surface area (Å²) < 4.78 is 1.04. The number of carbonyl (C=O) groups excluding carboxylic acids is 3. The van der Waals surface area contributed by atoms with Gasteiger partial charge in [-0.2, -0.15) is 0 Å². The first-order valence-electron chi connectivity index (χ1n) is 8.90. The smallest absolute Gasteiger partial charge is 0.257 e. The third-order valence-electron chi connectivity index (χ3n) is 5.13. The molecular weight excluding hydrogens is 431 g/mol. The molecule has 1 saturated heterocycles. The summed E-state index contributed by atoms with van der Waals surface area (Å²) in [6.45, 7) is 1.51. The van der Waals surface area contributed by atoms with Gasteiger partial charge >= 0.3 is 0 Å². The first kappa shape index (κ1) is 18.4. The minimum Gasteiger partial charge on any atom is -0.327 e. The molecule has 1 aliphatic carbocycles. The van der Waals surface area contributed by atoms with Crippen LogP contribution in [0.5, 0.6) is 0 Å². The Morgan fingerprint density at radius 1 is 1.08 bits per heavy atom. The zero-order valence-electron chi connectivity index (χ0n) is 14.4. The number of hydrogen-bond acceptors (Lipinski definition) is 3. The highest BCUT2D eigenvalue weighted by Crippen LogP contribution is 2.30. The molecule has 0 aromatic heterocycles. The van der Waals surface area contributed by atoms with Gasteiger partial charge in [-0.05, 0) is 59.7 Å². The van der Waals surface area contributed by atoms with Crippen molar-refractivity contribution in [3.05, 3.63) is 27.8 Å². The summed E-state index contributed by atoms with van der Waals surface area (Å²) in [6.07, 6.45) is 6.42. The van der Waals surface area contributed by atoms with Crippen LogP contribution in [0.3, 0.4) is 0 Å². The third kappa shape index (κ3) is 3.88. The van der Waals surface area contributed by atoms with Crippen LogP contribution in [0.1, 0.15) is 51.9 Å². The van der Waals surface area contributed by atoms with Gasteiger partial charge in [-0.25, -0.2) is 4.90 Å². The second kappa shape index (κ2) is 7.85. The van der Waals surface area contributed by atoms with E-state index in [0.717, 1.165) is 29.3 Å². The zero-order chi connectivity index (χ0) is 18.0. The summed E-state index contributed by atoms with van der Waals surface area (Å²) in [5.74, 6) is -0.607. The summed E-state index contributed by atoms with van der Waals surface area (Å²) in [5.41, 5.74) is 0.585. The van der Waals surface area contributed by atoms with Crippen molar-refractivity contribution >= 4 is 46.0 Å². The van der Waals surface area contributed by atoms with E-state index in [9.17, 15) is 14.4 Å². The van der Waals surface area contributed by atoms with Gasteiger partial charge in [-0.3, -0.25) is 14.4 Å². The number of rotatable bonds is 3. The minimum atomic E-state index is -0.660. The van der Waals surface area contributed by atoms with Crippen molar-refractivity contribution in [1.82, 2.24) is 4.90 Å². The quantitative estimate of drug-likeness (QED) is 0.399. The molecule has 0 spiro atoms. The van der Waals surface area contributed by atoms with E-state index in [1.54, 1.807) is 17.0 Å². The molecule has 1 atom stereocenters. The molecule has 134 valence electrons. The zero-order valence-corrected chi connectivity index (χ0v) is 16.6. The van der Waals surface area contributed by atoms with Crippen molar-refractivity contribution in [1.29, 1.82) is 0 Å². The maximum absolute atomic E-state index is 13.0. The number of benzene rings is 1. The Hall–Kier alpha value is -1.44. The van der Waals surface area contributed by atoms with Gasteiger partial charge in [-0.15, -0.1) is 0 Å². The molecule has 0 N–H and O–H groups in total. The first-order chi connectivity index (χ1) is 12.0. The van der Waals surface area contributed by atoms with E-state index in [1.165, 1.54) is 24.7 Å². The number of imide groups is 1. The van der Waals surface area contributed by atoms with Crippen LogP contribution in [0.15, 0.2) is 24.3 Å². The molecule has 0 radical (unpaired) electrons. The highest BCUT2D eigenvalue weighted by atomic mass is 127. The van der Waals surface area contributed by atoms with Crippen molar-refractivity contribution in [2.24, 2.45) is 0 Å². The van der Waals surface area contributed by atoms with Gasteiger partial charge in [0.15, 0.2) is 0 Å². The number of anilines is 1. The van der Waals surface area contributed by atoms with Crippen LogP contribution in [0.4, 0.5) is 5.69 Å². The van der Waals surface area contributed by atoms with E-state index in [-0.39, 0.29) is 30.2 Å². The van der Waals surface area contributed by atoms with E-state index in [1.807, 2.05) is 12.1 Å². The number of nitrogens with zero attached hydrogens (tertiary/aromatic N) is 2. The largest absolute Gasteiger partial charge is 0.327 e. The highest BCUT2D eigenvalue weighted by Gasteiger charge is 2.45. The third-order valence-corrected chi connectivity index (χ3v) is 5.84. The molecule has 5 nitrogen and oxygen atoms in total. The highest BCUT2D eigenvalue weighted by molar-refractivity contribution is 14.1. The van der Waals surface area contributed by atoms with Gasteiger partial charge in [0.2, 0.25) is 11.8 Å². The fourth-order valence-corrected chi connectivity index (χ4v) is 4.32. The Labute approximate surface area is 161 Å². The summed E-state index contributed by atoms with van der Waals surface area (Å²) in [5, 5.41) is 0. The Kier molecular flexibility index (Phi) is 5.76. The first-order valence-corrected chi connectivity index (χ1v) is 9.98. The average Bonchev–Trinajstić information content (AvgIpc) is 2.76. The van der Waals surface area contributed by atoms with Crippen LogP contribution >= 0.6 is 22.6 Å². The molecule has 3 amide bonds. The Balaban J connectivity index is 1.85. The van der Waals surface area contributed by atoms with Crippen LogP contribution in [0.25, 0.3) is 0 Å². The molecule has 0 bridgehead atoms. The predicted octanol–water partition coefficient (Wildman–Crippen LogP) is 3.49. The maximum Gasteiger partial charge on any atom is 0.257 e.